The third kappa shape index (κ3) is 5.32. The van der Waals surface area contributed by atoms with Crippen LogP contribution < -0.4 is 5.32 Å². The third-order valence-corrected chi connectivity index (χ3v) is 4.46. The van der Waals surface area contributed by atoms with Crippen molar-refractivity contribution in [2.75, 3.05) is 11.1 Å². The second-order valence-electron chi connectivity index (χ2n) is 5.07. The molecule has 1 aromatic carbocycles. The third-order valence-electron chi connectivity index (χ3n) is 3.11. The van der Waals surface area contributed by atoms with Crippen LogP contribution in [0.25, 0.3) is 12.2 Å². The molecule has 0 aliphatic heterocycles. The summed E-state index contributed by atoms with van der Waals surface area (Å²) in [7, 11) is 0. The maximum atomic E-state index is 12.0. The molecule has 0 aliphatic carbocycles. The fourth-order valence-electron chi connectivity index (χ4n) is 1.94. The number of anilines is 1. The molecule has 6 nitrogen and oxygen atoms in total. The average molecular weight is 406 g/mol. The summed E-state index contributed by atoms with van der Waals surface area (Å²) in [5, 5.41) is 10.7. The number of halogens is 2. The number of carbonyl (C=O) groups excluding carboxylic acids is 1. The molecule has 0 spiro atoms. The highest BCUT2D eigenvalue weighted by atomic mass is 35.5. The summed E-state index contributed by atoms with van der Waals surface area (Å²) >= 11 is 12.9. The highest BCUT2D eigenvalue weighted by Crippen LogP contribution is 2.23. The Labute approximate surface area is 164 Å². The zero-order valence-electron chi connectivity index (χ0n) is 13.3. The van der Waals surface area contributed by atoms with E-state index in [-0.39, 0.29) is 22.5 Å². The van der Waals surface area contributed by atoms with Gasteiger partial charge in [0.25, 0.3) is 0 Å². The molecule has 3 rings (SSSR count). The first-order valence-corrected chi connectivity index (χ1v) is 9.23. The molecule has 2 heterocycles. The van der Waals surface area contributed by atoms with Gasteiger partial charge in [-0.1, -0.05) is 71.4 Å². The number of carbonyl (C=O) groups is 1. The summed E-state index contributed by atoms with van der Waals surface area (Å²) in [5.74, 6) is 0.737. The number of H-pyrrole nitrogens is 1. The molecule has 1 amide bonds. The summed E-state index contributed by atoms with van der Waals surface area (Å²) in [5.41, 5.74) is 1.06. The highest BCUT2D eigenvalue weighted by molar-refractivity contribution is 7.99. The van der Waals surface area contributed by atoms with Crippen LogP contribution in [0.15, 0.2) is 47.8 Å². The van der Waals surface area contributed by atoms with Crippen molar-refractivity contribution in [3.63, 3.8) is 0 Å². The minimum atomic E-state index is -0.266. The number of pyridine rings is 1. The van der Waals surface area contributed by atoms with Gasteiger partial charge in [0.1, 0.15) is 5.82 Å². The molecule has 0 saturated carbocycles. The van der Waals surface area contributed by atoms with Crippen molar-refractivity contribution in [2.45, 2.75) is 5.16 Å². The minimum Gasteiger partial charge on any atom is -0.309 e. The molecule has 0 fully saturated rings. The first kappa shape index (κ1) is 18.4. The Morgan fingerprint density at radius 1 is 1.23 bits per heavy atom. The maximum absolute atomic E-state index is 12.0. The molecule has 2 aromatic heterocycles. The molecule has 2 N–H and O–H groups in total. The Morgan fingerprint density at radius 3 is 2.81 bits per heavy atom. The number of hydrogen-bond acceptors (Lipinski definition) is 5. The Morgan fingerprint density at radius 2 is 2.04 bits per heavy atom. The van der Waals surface area contributed by atoms with Crippen LogP contribution in [0.2, 0.25) is 10.0 Å². The molecule has 0 atom stereocenters. The van der Waals surface area contributed by atoms with E-state index < -0.39 is 0 Å². The number of nitrogens with zero attached hydrogens (tertiary/aromatic N) is 3. The predicted molar refractivity (Wildman–Crippen MR) is 105 cm³/mol. The Bertz CT molecular complexity index is 930. The molecule has 9 heteroatoms. The van der Waals surface area contributed by atoms with Gasteiger partial charge in [0.15, 0.2) is 5.82 Å². The Kier molecular flexibility index (Phi) is 6.27. The van der Waals surface area contributed by atoms with Gasteiger partial charge in [0.05, 0.1) is 15.8 Å². The number of thioether (sulfide) groups is 1. The summed E-state index contributed by atoms with van der Waals surface area (Å²) in [6.07, 6.45) is 5.16. The van der Waals surface area contributed by atoms with Gasteiger partial charge < -0.3 is 5.32 Å². The molecule has 0 aliphatic rings. The Balaban J connectivity index is 1.53. The Hall–Kier alpha value is -2.35. The fraction of sp³-hybridized carbons (Fsp3) is 0.0588. The molecule has 0 bridgehead atoms. The van der Waals surface area contributed by atoms with E-state index in [4.69, 9.17) is 23.2 Å². The number of amides is 1. The molecular formula is C17H13Cl2N5OS. The molecule has 132 valence electrons. The van der Waals surface area contributed by atoms with E-state index in [1.165, 1.54) is 24.0 Å². The minimum absolute atomic E-state index is 0.125. The smallest absolute Gasteiger partial charge is 0.236 e. The maximum Gasteiger partial charge on any atom is 0.236 e. The van der Waals surface area contributed by atoms with Crippen LogP contribution in [0.3, 0.4) is 0 Å². The van der Waals surface area contributed by atoms with Crippen molar-refractivity contribution in [1.29, 1.82) is 0 Å². The van der Waals surface area contributed by atoms with Crippen molar-refractivity contribution >= 4 is 58.8 Å². The van der Waals surface area contributed by atoms with Crippen molar-refractivity contribution in [1.82, 2.24) is 20.2 Å². The van der Waals surface area contributed by atoms with Gasteiger partial charge in [0.2, 0.25) is 11.1 Å². The van der Waals surface area contributed by atoms with Gasteiger partial charge in [0, 0.05) is 6.20 Å². The second kappa shape index (κ2) is 8.84. The van der Waals surface area contributed by atoms with Crippen LogP contribution in [-0.4, -0.2) is 31.8 Å². The quantitative estimate of drug-likeness (QED) is 0.593. The number of benzene rings is 1. The van der Waals surface area contributed by atoms with E-state index in [2.05, 4.69) is 25.5 Å². The zero-order valence-corrected chi connectivity index (χ0v) is 15.6. The lowest BCUT2D eigenvalue weighted by molar-refractivity contribution is -0.113. The second-order valence-corrected chi connectivity index (χ2v) is 6.85. The SMILES string of the molecule is O=C(CSc1n[nH]c(/C=C/c2ccccc2)n1)Nc1ncc(Cl)cc1Cl. The van der Waals surface area contributed by atoms with Crippen molar-refractivity contribution in [3.05, 3.63) is 64.0 Å². The standard InChI is InChI=1S/C17H13Cl2N5OS/c18-12-8-13(19)16(20-9-12)22-15(25)10-26-17-21-14(23-24-17)7-6-11-4-2-1-3-5-11/h1-9H,10H2,(H,20,22,25)(H,21,23,24)/b7-6+. The van der Waals surface area contributed by atoms with Crippen molar-refractivity contribution in [3.8, 4) is 0 Å². The van der Waals surface area contributed by atoms with E-state index in [0.29, 0.717) is 16.0 Å². The van der Waals surface area contributed by atoms with Gasteiger partial charge in [-0.2, -0.15) is 0 Å². The lowest BCUT2D eigenvalue weighted by Crippen LogP contribution is -2.15. The van der Waals surface area contributed by atoms with Crippen LogP contribution >= 0.6 is 35.0 Å². The van der Waals surface area contributed by atoms with E-state index in [1.807, 2.05) is 42.5 Å². The topological polar surface area (TPSA) is 83.6 Å². The lowest BCUT2D eigenvalue weighted by atomic mass is 10.2. The molecular weight excluding hydrogens is 393 g/mol. The zero-order chi connectivity index (χ0) is 18.4. The van der Waals surface area contributed by atoms with E-state index in [1.54, 1.807) is 0 Å². The number of aromatic amines is 1. The largest absolute Gasteiger partial charge is 0.309 e. The number of aromatic nitrogens is 4. The number of rotatable bonds is 6. The molecule has 3 aromatic rings. The molecule has 0 saturated heterocycles. The van der Waals surface area contributed by atoms with Crippen LogP contribution in [-0.2, 0) is 4.79 Å². The first-order chi connectivity index (χ1) is 12.6. The average Bonchev–Trinajstić information content (AvgIpc) is 3.09. The normalized spacial score (nSPS) is 11.0. The fourth-order valence-corrected chi connectivity index (χ4v) is 2.97. The van der Waals surface area contributed by atoms with Crippen molar-refractivity contribution in [2.24, 2.45) is 0 Å². The van der Waals surface area contributed by atoms with Crippen molar-refractivity contribution < 1.29 is 4.79 Å². The summed E-state index contributed by atoms with van der Waals surface area (Å²) < 4.78 is 0. The molecule has 0 radical (unpaired) electrons. The van der Waals surface area contributed by atoms with Gasteiger partial charge in [-0.15, -0.1) is 5.10 Å². The predicted octanol–water partition coefficient (Wildman–Crippen LogP) is 4.41. The monoisotopic (exact) mass is 405 g/mol. The van der Waals surface area contributed by atoms with E-state index >= 15 is 0 Å². The summed E-state index contributed by atoms with van der Waals surface area (Å²) in [6.45, 7) is 0. The summed E-state index contributed by atoms with van der Waals surface area (Å²) in [6, 6.07) is 11.4. The number of hydrogen-bond donors (Lipinski definition) is 2. The van der Waals surface area contributed by atoms with E-state index in [0.717, 1.165) is 5.56 Å². The van der Waals surface area contributed by atoms with E-state index in [9.17, 15) is 4.79 Å². The molecule has 26 heavy (non-hydrogen) atoms. The summed E-state index contributed by atoms with van der Waals surface area (Å²) in [4.78, 5) is 20.3. The molecule has 0 unspecified atom stereocenters. The van der Waals surface area contributed by atoms with Crippen LogP contribution in [0, 0.1) is 0 Å². The van der Waals surface area contributed by atoms with Gasteiger partial charge in [-0.05, 0) is 17.7 Å². The van der Waals surface area contributed by atoms with Gasteiger partial charge in [-0.3, -0.25) is 9.89 Å². The van der Waals surface area contributed by atoms with Crippen LogP contribution in [0.4, 0.5) is 5.82 Å². The lowest BCUT2D eigenvalue weighted by Gasteiger charge is -2.05. The first-order valence-electron chi connectivity index (χ1n) is 7.49. The number of nitrogens with one attached hydrogen (secondary N) is 2. The van der Waals surface area contributed by atoms with Crippen LogP contribution in [0.5, 0.6) is 0 Å². The van der Waals surface area contributed by atoms with Crippen LogP contribution in [0.1, 0.15) is 11.4 Å². The highest BCUT2D eigenvalue weighted by Gasteiger charge is 2.10. The van der Waals surface area contributed by atoms with Gasteiger partial charge >= 0.3 is 0 Å². The van der Waals surface area contributed by atoms with Gasteiger partial charge in [-0.25, -0.2) is 9.97 Å².